The fraction of sp³-hybridized carbons (Fsp3) is 0.692. The molecule has 0 aliphatic carbocycles. The minimum atomic E-state index is -0.143. The van der Waals surface area contributed by atoms with Crippen molar-refractivity contribution >= 4 is 11.9 Å². The fourth-order valence-corrected chi connectivity index (χ4v) is 1.30. The predicted octanol–water partition coefficient (Wildman–Crippen LogP) is 2.00. The number of hydrogen-bond acceptors (Lipinski definition) is 3. The SMILES string of the molecule is C=CC(=O)N(C)CCCCOC(=O)CC(C)C. The van der Waals surface area contributed by atoms with Crippen LogP contribution in [0.1, 0.15) is 33.1 Å². The van der Waals surface area contributed by atoms with Gasteiger partial charge < -0.3 is 9.64 Å². The van der Waals surface area contributed by atoms with Crippen LogP contribution in [-0.2, 0) is 14.3 Å². The normalized spacial score (nSPS) is 10.1. The molecule has 0 aromatic rings. The van der Waals surface area contributed by atoms with E-state index in [9.17, 15) is 9.59 Å². The Morgan fingerprint density at radius 2 is 2.00 bits per heavy atom. The predicted molar refractivity (Wildman–Crippen MR) is 67.5 cm³/mol. The van der Waals surface area contributed by atoms with Crippen LogP contribution in [0.3, 0.4) is 0 Å². The number of ether oxygens (including phenoxy) is 1. The highest BCUT2D eigenvalue weighted by molar-refractivity contribution is 5.86. The van der Waals surface area contributed by atoms with Gasteiger partial charge in [0.2, 0.25) is 5.91 Å². The number of likely N-dealkylation sites (N-methyl/N-ethyl adjacent to an activating group) is 1. The summed E-state index contributed by atoms with van der Waals surface area (Å²) in [6.45, 7) is 8.47. The van der Waals surface area contributed by atoms with Crippen molar-refractivity contribution < 1.29 is 14.3 Å². The summed E-state index contributed by atoms with van der Waals surface area (Å²) in [7, 11) is 1.73. The topological polar surface area (TPSA) is 46.6 Å². The fourth-order valence-electron chi connectivity index (χ4n) is 1.30. The molecule has 0 aromatic heterocycles. The van der Waals surface area contributed by atoms with Crippen LogP contribution in [0.4, 0.5) is 0 Å². The van der Waals surface area contributed by atoms with Gasteiger partial charge in [-0.2, -0.15) is 0 Å². The zero-order valence-electron chi connectivity index (χ0n) is 11.1. The minimum Gasteiger partial charge on any atom is -0.466 e. The highest BCUT2D eigenvalue weighted by Crippen LogP contribution is 2.02. The molecule has 98 valence electrons. The van der Waals surface area contributed by atoms with Crippen molar-refractivity contribution in [3.05, 3.63) is 12.7 Å². The molecule has 0 saturated carbocycles. The standard InChI is InChI=1S/C13H23NO3/c1-5-12(15)14(4)8-6-7-9-17-13(16)10-11(2)3/h5,11H,1,6-10H2,2-4H3. The highest BCUT2D eigenvalue weighted by atomic mass is 16.5. The summed E-state index contributed by atoms with van der Waals surface area (Å²) in [6.07, 6.45) is 3.36. The summed E-state index contributed by atoms with van der Waals surface area (Å²) < 4.78 is 5.06. The summed E-state index contributed by atoms with van der Waals surface area (Å²) in [5, 5.41) is 0. The van der Waals surface area contributed by atoms with Gasteiger partial charge in [0, 0.05) is 20.0 Å². The number of hydrogen-bond donors (Lipinski definition) is 0. The maximum Gasteiger partial charge on any atom is 0.306 e. The van der Waals surface area contributed by atoms with E-state index in [1.807, 2.05) is 13.8 Å². The van der Waals surface area contributed by atoms with Gasteiger partial charge in [0.1, 0.15) is 0 Å². The number of nitrogens with zero attached hydrogens (tertiary/aromatic N) is 1. The second-order valence-corrected chi connectivity index (χ2v) is 4.49. The lowest BCUT2D eigenvalue weighted by Gasteiger charge is -2.14. The molecule has 4 nitrogen and oxygen atoms in total. The van der Waals surface area contributed by atoms with E-state index in [0.717, 1.165) is 12.8 Å². The number of amides is 1. The van der Waals surface area contributed by atoms with Gasteiger partial charge in [0.15, 0.2) is 0 Å². The largest absolute Gasteiger partial charge is 0.466 e. The zero-order valence-corrected chi connectivity index (χ0v) is 11.1. The molecule has 4 heteroatoms. The van der Waals surface area contributed by atoms with Crippen LogP contribution >= 0.6 is 0 Å². The molecule has 0 fully saturated rings. The first-order valence-electron chi connectivity index (χ1n) is 6.00. The molecule has 0 aromatic carbocycles. The Morgan fingerprint density at radius 3 is 2.53 bits per heavy atom. The second kappa shape index (κ2) is 8.79. The first-order chi connectivity index (χ1) is 7.97. The van der Waals surface area contributed by atoms with Crippen molar-refractivity contribution in [3.8, 4) is 0 Å². The van der Waals surface area contributed by atoms with Crippen LogP contribution < -0.4 is 0 Å². The van der Waals surface area contributed by atoms with Crippen molar-refractivity contribution in [2.24, 2.45) is 5.92 Å². The lowest BCUT2D eigenvalue weighted by molar-refractivity contribution is -0.144. The van der Waals surface area contributed by atoms with Crippen molar-refractivity contribution in [1.82, 2.24) is 4.90 Å². The monoisotopic (exact) mass is 241 g/mol. The van der Waals surface area contributed by atoms with Crippen molar-refractivity contribution in [2.75, 3.05) is 20.2 Å². The molecule has 0 saturated heterocycles. The summed E-state index contributed by atoms with van der Waals surface area (Å²) in [5.41, 5.74) is 0. The summed E-state index contributed by atoms with van der Waals surface area (Å²) in [4.78, 5) is 23.9. The molecule has 0 unspecified atom stereocenters. The zero-order chi connectivity index (χ0) is 13.3. The Kier molecular flexibility index (Phi) is 8.11. The molecule has 0 rings (SSSR count). The maximum atomic E-state index is 11.2. The Labute approximate surface area is 104 Å². The third kappa shape index (κ3) is 8.48. The Bertz CT molecular complexity index is 261. The first-order valence-corrected chi connectivity index (χ1v) is 6.00. The molecular weight excluding hydrogens is 218 g/mol. The van der Waals surface area contributed by atoms with Crippen LogP contribution in [-0.4, -0.2) is 37.0 Å². The summed E-state index contributed by atoms with van der Waals surface area (Å²) in [5.74, 6) is 0.108. The van der Waals surface area contributed by atoms with Gasteiger partial charge in [-0.15, -0.1) is 0 Å². The third-order valence-electron chi connectivity index (χ3n) is 2.28. The average molecular weight is 241 g/mol. The van der Waals surface area contributed by atoms with E-state index < -0.39 is 0 Å². The average Bonchev–Trinajstić information content (AvgIpc) is 2.26. The quantitative estimate of drug-likeness (QED) is 0.371. The van der Waals surface area contributed by atoms with Gasteiger partial charge in [0.25, 0.3) is 0 Å². The molecule has 0 radical (unpaired) electrons. The Balaban J connectivity index is 3.49. The smallest absolute Gasteiger partial charge is 0.306 e. The maximum absolute atomic E-state index is 11.2. The molecule has 0 N–H and O–H groups in total. The van der Waals surface area contributed by atoms with E-state index >= 15 is 0 Å². The molecule has 0 heterocycles. The number of carbonyl (C=O) groups excluding carboxylic acids is 2. The second-order valence-electron chi connectivity index (χ2n) is 4.49. The van der Waals surface area contributed by atoms with Crippen LogP contribution in [0.2, 0.25) is 0 Å². The van der Waals surface area contributed by atoms with Gasteiger partial charge in [0.05, 0.1) is 6.61 Å². The summed E-state index contributed by atoms with van der Waals surface area (Å²) >= 11 is 0. The molecule has 0 atom stereocenters. The van der Waals surface area contributed by atoms with E-state index in [0.29, 0.717) is 25.5 Å². The Morgan fingerprint density at radius 1 is 1.35 bits per heavy atom. The van der Waals surface area contributed by atoms with Gasteiger partial charge in [-0.25, -0.2) is 0 Å². The van der Waals surface area contributed by atoms with Gasteiger partial charge in [-0.1, -0.05) is 20.4 Å². The van der Waals surface area contributed by atoms with Crippen LogP contribution in [0.25, 0.3) is 0 Å². The van der Waals surface area contributed by atoms with E-state index in [2.05, 4.69) is 6.58 Å². The minimum absolute atomic E-state index is 0.0817. The molecular formula is C13H23NO3. The summed E-state index contributed by atoms with van der Waals surface area (Å²) in [6, 6.07) is 0. The molecule has 1 amide bonds. The molecule has 0 spiro atoms. The van der Waals surface area contributed by atoms with Gasteiger partial charge >= 0.3 is 5.97 Å². The van der Waals surface area contributed by atoms with Crippen LogP contribution in [0, 0.1) is 5.92 Å². The number of rotatable bonds is 8. The number of carbonyl (C=O) groups is 2. The van der Waals surface area contributed by atoms with E-state index in [1.54, 1.807) is 11.9 Å². The van der Waals surface area contributed by atoms with Gasteiger partial charge in [-0.3, -0.25) is 9.59 Å². The van der Waals surface area contributed by atoms with Crippen molar-refractivity contribution in [2.45, 2.75) is 33.1 Å². The van der Waals surface area contributed by atoms with Crippen LogP contribution in [0.5, 0.6) is 0 Å². The molecule has 0 aliphatic heterocycles. The van der Waals surface area contributed by atoms with E-state index in [1.165, 1.54) is 6.08 Å². The number of esters is 1. The molecule has 0 aliphatic rings. The third-order valence-corrected chi connectivity index (χ3v) is 2.28. The van der Waals surface area contributed by atoms with Gasteiger partial charge in [-0.05, 0) is 24.8 Å². The van der Waals surface area contributed by atoms with E-state index in [4.69, 9.17) is 4.74 Å². The molecule has 17 heavy (non-hydrogen) atoms. The van der Waals surface area contributed by atoms with Crippen molar-refractivity contribution in [1.29, 1.82) is 0 Å². The van der Waals surface area contributed by atoms with Crippen LogP contribution in [0.15, 0.2) is 12.7 Å². The Hall–Kier alpha value is -1.32. The van der Waals surface area contributed by atoms with Crippen molar-refractivity contribution in [3.63, 3.8) is 0 Å². The van der Waals surface area contributed by atoms with E-state index in [-0.39, 0.29) is 11.9 Å². The lowest BCUT2D eigenvalue weighted by atomic mass is 10.1. The highest BCUT2D eigenvalue weighted by Gasteiger charge is 2.06. The lowest BCUT2D eigenvalue weighted by Crippen LogP contribution is -2.25. The number of unbranched alkanes of at least 4 members (excludes halogenated alkanes) is 1. The first kappa shape index (κ1) is 15.7. The molecule has 0 bridgehead atoms.